The average Bonchev–Trinajstić information content (AvgIpc) is 3.13. The SMILES string of the molecule is CN=Cc1ccc(Oc2nc(C3CCCCC3)nc3ccsc23)cc1. The molecule has 1 aliphatic rings. The molecule has 1 aliphatic carbocycles. The third-order valence-corrected chi connectivity index (χ3v) is 5.52. The van der Waals surface area contributed by atoms with E-state index in [1.54, 1.807) is 18.4 Å². The number of benzene rings is 1. The van der Waals surface area contributed by atoms with Crippen molar-refractivity contribution in [2.45, 2.75) is 38.0 Å². The minimum atomic E-state index is 0.462. The lowest BCUT2D eigenvalue weighted by atomic mass is 9.89. The first kappa shape index (κ1) is 16.2. The molecule has 0 aliphatic heterocycles. The molecule has 4 rings (SSSR count). The third kappa shape index (κ3) is 3.56. The maximum absolute atomic E-state index is 6.13. The number of aliphatic imine (C=N–C) groups is 1. The van der Waals surface area contributed by atoms with E-state index in [0.717, 1.165) is 27.4 Å². The van der Waals surface area contributed by atoms with Gasteiger partial charge < -0.3 is 4.74 Å². The third-order valence-electron chi connectivity index (χ3n) is 4.63. The van der Waals surface area contributed by atoms with Crippen molar-refractivity contribution in [1.29, 1.82) is 0 Å². The van der Waals surface area contributed by atoms with E-state index in [1.165, 1.54) is 32.1 Å². The fourth-order valence-electron chi connectivity index (χ4n) is 3.35. The van der Waals surface area contributed by atoms with E-state index in [4.69, 9.17) is 14.7 Å². The summed E-state index contributed by atoms with van der Waals surface area (Å²) in [5.41, 5.74) is 2.05. The minimum absolute atomic E-state index is 0.462. The summed E-state index contributed by atoms with van der Waals surface area (Å²) in [6.45, 7) is 0. The molecule has 0 N–H and O–H groups in total. The first-order valence-corrected chi connectivity index (χ1v) is 9.66. The number of ether oxygens (including phenoxy) is 1. The molecular formula is C20H21N3OS. The number of nitrogens with zero attached hydrogens (tertiary/aromatic N) is 3. The van der Waals surface area contributed by atoms with E-state index in [0.29, 0.717) is 11.8 Å². The van der Waals surface area contributed by atoms with Crippen LogP contribution in [0.25, 0.3) is 10.2 Å². The summed E-state index contributed by atoms with van der Waals surface area (Å²) >= 11 is 1.63. The maximum Gasteiger partial charge on any atom is 0.240 e. The molecule has 0 spiro atoms. The van der Waals surface area contributed by atoms with Gasteiger partial charge in [-0.15, -0.1) is 11.3 Å². The van der Waals surface area contributed by atoms with Gasteiger partial charge in [0.25, 0.3) is 0 Å². The van der Waals surface area contributed by atoms with E-state index in [9.17, 15) is 0 Å². The highest BCUT2D eigenvalue weighted by Crippen LogP contribution is 2.36. The van der Waals surface area contributed by atoms with Crippen LogP contribution in [0.3, 0.4) is 0 Å². The first-order chi connectivity index (χ1) is 12.3. The molecule has 25 heavy (non-hydrogen) atoms. The van der Waals surface area contributed by atoms with Gasteiger partial charge in [-0.25, -0.2) is 4.98 Å². The van der Waals surface area contributed by atoms with Gasteiger partial charge in [-0.1, -0.05) is 19.3 Å². The minimum Gasteiger partial charge on any atom is -0.437 e. The average molecular weight is 351 g/mol. The van der Waals surface area contributed by atoms with E-state index in [-0.39, 0.29) is 0 Å². The van der Waals surface area contributed by atoms with Crippen molar-refractivity contribution in [3.05, 3.63) is 47.1 Å². The van der Waals surface area contributed by atoms with Crippen LogP contribution in [-0.4, -0.2) is 23.2 Å². The summed E-state index contributed by atoms with van der Waals surface area (Å²) in [5.74, 6) is 2.87. The second-order valence-electron chi connectivity index (χ2n) is 6.42. The number of hydrogen-bond donors (Lipinski definition) is 0. The highest BCUT2D eigenvalue weighted by molar-refractivity contribution is 7.17. The molecule has 4 nitrogen and oxygen atoms in total. The topological polar surface area (TPSA) is 47.4 Å². The summed E-state index contributed by atoms with van der Waals surface area (Å²) in [5, 5.41) is 2.05. The lowest BCUT2D eigenvalue weighted by Crippen LogP contribution is -2.09. The number of fused-ring (bicyclic) bond motifs is 1. The highest BCUT2D eigenvalue weighted by atomic mass is 32.1. The number of thiophene rings is 1. The van der Waals surface area contributed by atoms with E-state index < -0.39 is 0 Å². The normalized spacial score (nSPS) is 15.9. The Morgan fingerprint density at radius 2 is 1.88 bits per heavy atom. The van der Waals surface area contributed by atoms with Crippen molar-refractivity contribution in [3.8, 4) is 11.6 Å². The Labute approximate surface area is 151 Å². The Bertz CT molecular complexity index is 880. The van der Waals surface area contributed by atoms with Gasteiger partial charge in [0, 0.05) is 19.2 Å². The molecule has 0 saturated heterocycles. The van der Waals surface area contributed by atoms with Crippen LogP contribution in [0.4, 0.5) is 0 Å². The molecule has 0 unspecified atom stereocenters. The van der Waals surface area contributed by atoms with Crippen molar-refractivity contribution in [1.82, 2.24) is 9.97 Å². The molecule has 5 heteroatoms. The van der Waals surface area contributed by atoms with Gasteiger partial charge >= 0.3 is 0 Å². The monoisotopic (exact) mass is 351 g/mol. The van der Waals surface area contributed by atoms with Crippen LogP contribution in [0, 0.1) is 0 Å². The molecule has 128 valence electrons. The zero-order valence-electron chi connectivity index (χ0n) is 14.3. The van der Waals surface area contributed by atoms with Gasteiger partial charge in [0.1, 0.15) is 16.3 Å². The van der Waals surface area contributed by atoms with Gasteiger partial charge in [0.05, 0.1) is 5.52 Å². The number of aromatic nitrogens is 2. The zero-order chi connectivity index (χ0) is 17.1. The Morgan fingerprint density at radius 3 is 2.64 bits per heavy atom. The summed E-state index contributed by atoms with van der Waals surface area (Å²) < 4.78 is 7.14. The van der Waals surface area contributed by atoms with Gasteiger partial charge in [-0.2, -0.15) is 4.98 Å². The lowest BCUT2D eigenvalue weighted by molar-refractivity contribution is 0.418. The Balaban J connectivity index is 1.66. The predicted octanol–water partition coefficient (Wildman–Crippen LogP) is 5.58. The fourth-order valence-corrected chi connectivity index (χ4v) is 4.10. The largest absolute Gasteiger partial charge is 0.437 e. The smallest absolute Gasteiger partial charge is 0.240 e. The maximum atomic E-state index is 6.13. The van der Waals surface area contributed by atoms with Gasteiger partial charge in [-0.3, -0.25) is 4.99 Å². The zero-order valence-corrected chi connectivity index (χ0v) is 15.1. The van der Waals surface area contributed by atoms with E-state index in [1.807, 2.05) is 30.5 Å². The second-order valence-corrected chi connectivity index (χ2v) is 7.33. The molecule has 1 saturated carbocycles. The summed E-state index contributed by atoms with van der Waals surface area (Å²) in [6.07, 6.45) is 8.06. The van der Waals surface area contributed by atoms with Crippen molar-refractivity contribution < 1.29 is 4.74 Å². The summed E-state index contributed by atoms with van der Waals surface area (Å²) in [6, 6.07) is 9.97. The van der Waals surface area contributed by atoms with Crippen LogP contribution in [0.5, 0.6) is 11.6 Å². The molecule has 1 fully saturated rings. The van der Waals surface area contributed by atoms with Gasteiger partial charge in [-0.05, 0) is 54.1 Å². The van der Waals surface area contributed by atoms with Crippen molar-refractivity contribution >= 4 is 27.8 Å². The molecule has 1 aromatic carbocycles. The molecule has 2 aromatic heterocycles. The number of hydrogen-bond acceptors (Lipinski definition) is 5. The first-order valence-electron chi connectivity index (χ1n) is 8.79. The molecule has 2 heterocycles. The molecule has 0 atom stereocenters. The van der Waals surface area contributed by atoms with Crippen molar-refractivity contribution in [2.75, 3.05) is 7.05 Å². The van der Waals surface area contributed by atoms with Crippen molar-refractivity contribution in [3.63, 3.8) is 0 Å². The fraction of sp³-hybridized carbons (Fsp3) is 0.350. The standard InChI is InChI=1S/C20H21N3OS/c1-21-13-14-7-9-16(10-8-14)24-20-18-17(11-12-25-18)22-19(23-20)15-5-3-2-4-6-15/h7-13,15H,2-6H2,1H3. The molecule has 0 bridgehead atoms. The molecule has 3 aromatic rings. The Hall–Kier alpha value is -2.27. The van der Waals surface area contributed by atoms with E-state index >= 15 is 0 Å². The van der Waals surface area contributed by atoms with Crippen molar-refractivity contribution in [2.24, 2.45) is 4.99 Å². The van der Waals surface area contributed by atoms with Crippen LogP contribution >= 0.6 is 11.3 Å². The van der Waals surface area contributed by atoms with Crippen LogP contribution in [-0.2, 0) is 0 Å². The van der Waals surface area contributed by atoms with Crippen LogP contribution in [0.2, 0.25) is 0 Å². The summed E-state index contributed by atoms with van der Waals surface area (Å²) in [7, 11) is 1.77. The van der Waals surface area contributed by atoms with Gasteiger partial charge in [0.15, 0.2) is 0 Å². The van der Waals surface area contributed by atoms with Crippen LogP contribution < -0.4 is 4.74 Å². The van der Waals surface area contributed by atoms with E-state index in [2.05, 4.69) is 16.4 Å². The summed E-state index contributed by atoms with van der Waals surface area (Å²) in [4.78, 5) is 13.6. The molecule has 0 radical (unpaired) electrons. The van der Waals surface area contributed by atoms with Gasteiger partial charge in [0.2, 0.25) is 5.88 Å². The van der Waals surface area contributed by atoms with Crippen LogP contribution in [0.1, 0.15) is 49.4 Å². The highest BCUT2D eigenvalue weighted by Gasteiger charge is 2.21. The molecule has 0 amide bonds. The lowest BCUT2D eigenvalue weighted by Gasteiger charge is -2.20. The predicted molar refractivity (Wildman–Crippen MR) is 103 cm³/mol. The Kier molecular flexibility index (Phi) is 4.74. The number of rotatable bonds is 4. The second kappa shape index (κ2) is 7.31. The Morgan fingerprint density at radius 1 is 1.08 bits per heavy atom. The van der Waals surface area contributed by atoms with Crippen LogP contribution in [0.15, 0.2) is 40.7 Å². The quantitative estimate of drug-likeness (QED) is 0.576. The molecular weight excluding hydrogens is 330 g/mol.